The third kappa shape index (κ3) is 4.15. The van der Waals surface area contributed by atoms with Gasteiger partial charge in [-0.2, -0.15) is 0 Å². The first-order valence-electron chi connectivity index (χ1n) is 7.24. The molecule has 124 valence electrons. The van der Waals surface area contributed by atoms with E-state index in [4.69, 9.17) is 27.9 Å². The van der Waals surface area contributed by atoms with Gasteiger partial charge in [-0.1, -0.05) is 40.4 Å². The number of anilines is 1. The number of ether oxygens (including phenoxy) is 1. The molecule has 0 amide bonds. The van der Waals surface area contributed by atoms with E-state index in [0.29, 0.717) is 29.1 Å². The highest BCUT2D eigenvalue weighted by Crippen LogP contribution is 2.25. The van der Waals surface area contributed by atoms with E-state index in [1.54, 1.807) is 17.8 Å². The molecule has 6 nitrogen and oxygen atoms in total. The van der Waals surface area contributed by atoms with Gasteiger partial charge in [0.2, 0.25) is 5.95 Å². The maximum atomic E-state index is 6.10. The second-order valence-electron chi connectivity index (χ2n) is 5.15. The smallest absolute Gasteiger partial charge is 0.242 e. The molecule has 1 N–H and O–H groups in total. The first kappa shape index (κ1) is 16.5. The zero-order valence-electron chi connectivity index (χ0n) is 12.9. The van der Waals surface area contributed by atoms with Gasteiger partial charge in [0.05, 0.1) is 0 Å². The fraction of sp³-hybridized carbons (Fsp3) is 0.188. The number of benzene rings is 2. The predicted molar refractivity (Wildman–Crippen MR) is 93.4 cm³/mol. The van der Waals surface area contributed by atoms with E-state index in [1.807, 2.05) is 36.4 Å². The van der Waals surface area contributed by atoms with Crippen LogP contribution in [0.1, 0.15) is 11.1 Å². The van der Waals surface area contributed by atoms with Crippen LogP contribution in [-0.2, 0) is 20.2 Å². The maximum absolute atomic E-state index is 6.10. The minimum absolute atomic E-state index is 0.417. The molecule has 2 aromatic carbocycles. The summed E-state index contributed by atoms with van der Waals surface area (Å²) in [4.78, 5) is 0. The average molecular weight is 364 g/mol. The summed E-state index contributed by atoms with van der Waals surface area (Å²) in [5.41, 5.74) is 1.90. The molecule has 3 aromatic rings. The summed E-state index contributed by atoms with van der Waals surface area (Å²) in [6.45, 7) is 0.903. The van der Waals surface area contributed by atoms with Crippen LogP contribution in [0.4, 0.5) is 5.95 Å². The Morgan fingerprint density at radius 3 is 2.71 bits per heavy atom. The summed E-state index contributed by atoms with van der Waals surface area (Å²) in [6, 6.07) is 13.1. The van der Waals surface area contributed by atoms with Gasteiger partial charge in [-0.05, 0) is 46.3 Å². The molecular weight excluding hydrogens is 349 g/mol. The Morgan fingerprint density at radius 1 is 1.12 bits per heavy atom. The molecule has 0 aliphatic carbocycles. The molecule has 0 saturated heterocycles. The Morgan fingerprint density at radius 2 is 1.96 bits per heavy atom. The number of hydrogen-bond acceptors (Lipinski definition) is 5. The van der Waals surface area contributed by atoms with Crippen molar-refractivity contribution in [2.75, 3.05) is 5.32 Å². The molecule has 3 rings (SSSR count). The number of aryl methyl sites for hydroxylation is 1. The quantitative estimate of drug-likeness (QED) is 0.722. The Labute approximate surface area is 149 Å². The number of hydrogen-bond donors (Lipinski definition) is 1. The molecule has 1 heterocycles. The number of halogens is 2. The number of tetrazole rings is 1. The van der Waals surface area contributed by atoms with E-state index in [0.717, 1.165) is 16.9 Å². The summed E-state index contributed by atoms with van der Waals surface area (Å²) in [5.74, 6) is 1.30. The zero-order chi connectivity index (χ0) is 16.9. The second-order valence-corrected chi connectivity index (χ2v) is 6.02. The fourth-order valence-corrected chi connectivity index (χ4v) is 2.58. The summed E-state index contributed by atoms with van der Waals surface area (Å²) in [7, 11) is 1.76. The lowest BCUT2D eigenvalue weighted by Crippen LogP contribution is -2.07. The van der Waals surface area contributed by atoms with Gasteiger partial charge in [0.1, 0.15) is 12.4 Å². The van der Waals surface area contributed by atoms with Crippen LogP contribution in [0.25, 0.3) is 0 Å². The van der Waals surface area contributed by atoms with Crippen molar-refractivity contribution in [3.05, 3.63) is 63.6 Å². The lowest BCUT2D eigenvalue weighted by molar-refractivity contribution is 0.303. The van der Waals surface area contributed by atoms with Crippen LogP contribution in [0.3, 0.4) is 0 Å². The van der Waals surface area contributed by atoms with Gasteiger partial charge in [0.25, 0.3) is 0 Å². The highest BCUT2D eigenvalue weighted by molar-refractivity contribution is 6.30. The van der Waals surface area contributed by atoms with Crippen molar-refractivity contribution in [3.63, 3.8) is 0 Å². The molecule has 0 radical (unpaired) electrons. The minimum atomic E-state index is 0.417. The normalized spacial score (nSPS) is 10.6. The predicted octanol–water partition coefficient (Wildman–Crippen LogP) is 3.71. The van der Waals surface area contributed by atoms with Crippen LogP contribution in [0, 0.1) is 0 Å². The molecule has 8 heteroatoms. The fourth-order valence-electron chi connectivity index (χ4n) is 2.17. The molecule has 0 aliphatic rings. The van der Waals surface area contributed by atoms with Crippen LogP contribution in [-0.4, -0.2) is 20.2 Å². The minimum Gasteiger partial charge on any atom is -0.489 e. The standard InChI is InChI=1S/C16H15Cl2N5O/c1-23-16(20-21-22-23)19-9-12-8-14(18)5-6-15(12)24-10-11-3-2-4-13(17)7-11/h2-8H,9-10H2,1H3,(H,19,20,22). The van der Waals surface area contributed by atoms with Gasteiger partial charge in [-0.3, -0.25) is 0 Å². The summed E-state index contributed by atoms with van der Waals surface area (Å²) in [5, 5.41) is 15.7. The van der Waals surface area contributed by atoms with Crippen molar-refractivity contribution < 1.29 is 4.74 Å². The Kier molecular flexibility index (Phi) is 5.17. The molecule has 0 fully saturated rings. The van der Waals surface area contributed by atoms with Gasteiger partial charge in [-0.15, -0.1) is 0 Å². The number of nitrogens with one attached hydrogen (secondary N) is 1. The Balaban J connectivity index is 1.71. The topological polar surface area (TPSA) is 64.9 Å². The molecule has 0 atom stereocenters. The summed E-state index contributed by atoms with van der Waals surface area (Å²) >= 11 is 12.1. The van der Waals surface area contributed by atoms with E-state index >= 15 is 0 Å². The number of rotatable bonds is 6. The average Bonchev–Trinajstić information content (AvgIpc) is 2.97. The third-order valence-corrected chi connectivity index (χ3v) is 3.83. The van der Waals surface area contributed by atoms with Gasteiger partial charge in [0.15, 0.2) is 0 Å². The van der Waals surface area contributed by atoms with Crippen LogP contribution < -0.4 is 10.1 Å². The molecule has 0 saturated carbocycles. The molecule has 1 aromatic heterocycles. The largest absolute Gasteiger partial charge is 0.489 e. The van der Waals surface area contributed by atoms with Gasteiger partial charge >= 0.3 is 0 Å². The van der Waals surface area contributed by atoms with Crippen molar-refractivity contribution in [1.82, 2.24) is 20.2 Å². The lowest BCUT2D eigenvalue weighted by atomic mass is 10.2. The van der Waals surface area contributed by atoms with Crippen LogP contribution >= 0.6 is 23.2 Å². The summed E-state index contributed by atoms with van der Waals surface area (Å²) < 4.78 is 7.47. The van der Waals surface area contributed by atoms with Crippen LogP contribution in [0.15, 0.2) is 42.5 Å². The first-order chi connectivity index (χ1) is 11.6. The second kappa shape index (κ2) is 7.51. The highest BCUT2D eigenvalue weighted by atomic mass is 35.5. The van der Waals surface area contributed by atoms with Crippen LogP contribution in [0.2, 0.25) is 10.0 Å². The SMILES string of the molecule is Cn1nnnc1NCc1cc(Cl)ccc1OCc1cccc(Cl)c1. The first-order valence-corrected chi connectivity index (χ1v) is 7.99. The monoisotopic (exact) mass is 363 g/mol. The molecule has 24 heavy (non-hydrogen) atoms. The zero-order valence-corrected chi connectivity index (χ0v) is 14.4. The van der Waals surface area contributed by atoms with E-state index in [1.165, 1.54) is 0 Å². The van der Waals surface area contributed by atoms with Gasteiger partial charge in [-0.25, -0.2) is 4.68 Å². The van der Waals surface area contributed by atoms with Crippen molar-refractivity contribution >= 4 is 29.2 Å². The third-order valence-electron chi connectivity index (χ3n) is 3.36. The van der Waals surface area contributed by atoms with Gasteiger partial charge < -0.3 is 10.1 Å². The van der Waals surface area contributed by atoms with Crippen molar-refractivity contribution in [2.45, 2.75) is 13.2 Å². The van der Waals surface area contributed by atoms with Crippen molar-refractivity contribution in [2.24, 2.45) is 7.05 Å². The molecular formula is C16H15Cl2N5O. The van der Waals surface area contributed by atoms with Gasteiger partial charge in [0, 0.05) is 29.2 Å². The van der Waals surface area contributed by atoms with Crippen molar-refractivity contribution in [3.8, 4) is 5.75 Å². The van der Waals surface area contributed by atoms with Crippen LogP contribution in [0.5, 0.6) is 5.75 Å². The van der Waals surface area contributed by atoms with E-state index in [2.05, 4.69) is 20.8 Å². The molecule has 0 aliphatic heterocycles. The molecule has 0 unspecified atom stereocenters. The number of nitrogens with zero attached hydrogens (tertiary/aromatic N) is 4. The molecule has 0 spiro atoms. The maximum Gasteiger partial charge on any atom is 0.242 e. The highest BCUT2D eigenvalue weighted by Gasteiger charge is 2.08. The lowest BCUT2D eigenvalue weighted by Gasteiger charge is -2.13. The Hall–Kier alpha value is -2.31. The van der Waals surface area contributed by atoms with E-state index in [9.17, 15) is 0 Å². The summed E-state index contributed by atoms with van der Waals surface area (Å²) in [6.07, 6.45) is 0. The Bertz CT molecular complexity index is 837. The van der Waals surface area contributed by atoms with Crippen molar-refractivity contribution in [1.29, 1.82) is 0 Å². The number of aromatic nitrogens is 4. The molecule has 0 bridgehead atoms. The van der Waals surface area contributed by atoms with E-state index < -0.39 is 0 Å². The van der Waals surface area contributed by atoms with E-state index in [-0.39, 0.29) is 0 Å².